The zero-order valence-electron chi connectivity index (χ0n) is 17.2. The van der Waals surface area contributed by atoms with Gasteiger partial charge in [0.05, 0.1) is 12.5 Å². The van der Waals surface area contributed by atoms with Gasteiger partial charge in [0.25, 0.3) is 0 Å². The third-order valence-electron chi connectivity index (χ3n) is 5.47. The lowest BCUT2D eigenvalue weighted by molar-refractivity contribution is 0.415. The molecule has 3 aromatic heterocycles. The SMILES string of the molecule is COc1ccc(-c2c(C)sc3nc(Cl)nc(N4CCN(c5ncccn5)CC4)c23)cc1. The van der Waals surface area contributed by atoms with Crippen LogP contribution in [-0.2, 0) is 0 Å². The zero-order valence-corrected chi connectivity index (χ0v) is 18.8. The topological polar surface area (TPSA) is 67.3 Å². The minimum absolute atomic E-state index is 0.277. The van der Waals surface area contributed by atoms with Crippen LogP contribution in [0.5, 0.6) is 5.75 Å². The van der Waals surface area contributed by atoms with Gasteiger partial charge >= 0.3 is 0 Å². The Kier molecular flexibility index (Phi) is 5.33. The van der Waals surface area contributed by atoms with Crippen molar-refractivity contribution in [3.05, 3.63) is 52.9 Å². The van der Waals surface area contributed by atoms with Gasteiger partial charge in [0, 0.05) is 49.0 Å². The first-order valence-corrected chi connectivity index (χ1v) is 11.2. The van der Waals surface area contributed by atoms with Crippen molar-refractivity contribution < 1.29 is 4.74 Å². The van der Waals surface area contributed by atoms with Crippen LogP contribution in [0.2, 0.25) is 5.28 Å². The number of hydrogen-bond acceptors (Lipinski definition) is 8. The molecule has 1 aliphatic rings. The lowest BCUT2D eigenvalue weighted by atomic mass is 10.0. The molecule has 1 aliphatic heterocycles. The zero-order chi connectivity index (χ0) is 21.4. The van der Waals surface area contributed by atoms with Gasteiger partial charge in [-0.15, -0.1) is 11.3 Å². The first kappa shape index (κ1) is 20.0. The Balaban J connectivity index is 1.53. The molecule has 158 valence electrons. The number of fused-ring (bicyclic) bond motifs is 1. The molecule has 5 rings (SSSR count). The predicted octanol–water partition coefficient (Wildman–Crippen LogP) is 4.45. The Morgan fingerprint density at radius 2 is 1.65 bits per heavy atom. The lowest BCUT2D eigenvalue weighted by Gasteiger charge is -2.35. The highest BCUT2D eigenvalue weighted by atomic mass is 35.5. The molecule has 0 N–H and O–H groups in total. The summed E-state index contributed by atoms with van der Waals surface area (Å²) in [5.41, 5.74) is 2.27. The number of piperazine rings is 1. The number of hydrogen-bond donors (Lipinski definition) is 0. The predicted molar refractivity (Wildman–Crippen MR) is 126 cm³/mol. The smallest absolute Gasteiger partial charge is 0.225 e. The molecule has 1 fully saturated rings. The number of rotatable bonds is 4. The van der Waals surface area contributed by atoms with E-state index >= 15 is 0 Å². The summed E-state index contributed by atoms with van der Waals surface area (Å²) in [6.45, 7) is 5.35. The number of halogens is 1. The Morgan fingerprint density at radius 3 is 2.32 bits per heavy atom. The highest BCUT2D eigenvalue weighted by Crippen LogP contribution is 2.42. The summed E-state index contributed by atoms with van der Waals surface area (Å²) in [5, 5.41) is 1.33. The number of anilines is 2. The highest BCUT2D eigenvalue weighted by Gasteiger charge is 2.25. The molecule has 0 bridgehead atoms. The third kappa shape index (κ3) is 3.77. The van der Waals surface area contributed by atoms with Gasteiger partial charge in [0.2, 0.25) is 11.2 Å². The molecule has 4 aromatic rings. The molecule has 0 unspecified atom stereocenters. The second kappa shape index (κ2) is 8.28. The molecule has 9 heteroatoms. The van der Waals surface area contributed by atoms with Crippen LogP contribution < -0.4 is 14.5 Å². The lowest BCUT2D eigenvalue weighted by Crippen LogP contribution is -2.47. The highest BCUT2D eigenvalue weighted by molar-refractivity contribution is 7.19. The fourth-order valence-electron chi connectivity index (χ4n) is 3.98. The minimum Gasteiger partial charge on any atom is -0.497 e. The normalized spacial score (nSPS) is 14.3. The molecule has 31 heavy (non-hydrogen) atoms. The Bertz CT molecular complexity index is 1210. The summed E-state index contributed by atoms with van der Waals surface area (Å²) in [6.07, 6.45) is 3.55. The van der Waals surface area contributed by atoms with Crippen molar-refractivity contribution in [3.8, 4) is 16.9 Å². The third-order valence-corrected chi connectivity index (χ3v) is 6.64. The van der Waals surface area contributed by atoms with Gasteiger partial charge in [0.15, 0.2) is 0 Å². The molecular formula is C22H21ClN6OS. The van der Waals surface area contributed by atoms with Crippen LogP contribution in [0, 0.1) is 6.92 Å². The number of methoxy groups -OCH3 is 1. The Hall–Kier alpha value is -2.97. The molecular weight excluding hydrogens is 432 g/mol. The molecule has 7 nitrogen and oxygen atoms in total. The van der Waals surface area contributed by atoms with Gasteiger partial charge in [-0.3, -0.25) is 0 Å². The van der Waals surface area contributed by atoms with Crippen molar-refractivity contribution in [2.75, 3.05) is 43.1 Å². The Labute approximate surface area is 189 Å². The first-order valence-electron chi connectivity index (χ1n) is 10.0. The van der Waals surface area contributed by atoms with Crippen LogP contribution in [0.15, 0.2) is 42.7 Å². The molecule has 4 heterocycles. The van der Waals surface area contributed by atoms with E-state index < -0.39 is 0 Å². The monoisotopic (exact) mass is 452 g/mol. The summed E-state index contributed by atoms with van der Waals surface area (Å²) < 4.78 is 5.32. The van der Waals surface area contributed by atoms with Crippen molar-refractivity contribution in [2.45, 2.75) is 6.92 Å². The van der Waals surface area contributed by atoms with Gasteiger partial charge in [-0.05, 0) is 42.3 Å². The fourth-order valence-corrected chi connectivity index (χ4v) is 5.23. The van der Waals surface area contributed by atoms with Crippen molar-refractivity contribution in [1.29, 1.82) is 0 Å². The fraction of sp³-hybridized carbons (Fsp3) is 0.273. The number of benzene rings is 1. The van der Waals surface area contributed by atoms with E-state index in [9.17, 15) is 0 Å². The summed E-state index contributed by atoms with van der Waals surface area (Å²) in [4.78, 5) is 24.5. The molecule has 0 aliphatic carbocycles. The van der Waals surface area contributed by atoms with E-state index in [4.69, 9.17) is 16.3 Å². The summed E-state index contributed by atoms with van der Waals surface area (Å²) >= 11 is 7.98. The summed E-state index contributed by atoms with van der Waals surface area (Å²) in [6, 6.07) is 9.95. The molecule has 0 spiro atoms. The summed E-state index contributed by atoms with van der Waals surface area (Å²) in [7, 11) is 1.67. The van der Waals surface area contributed by atoms with Crippen molar-refractivity contribution in [1.82, 2.24) is 19.9 Å². The number of thiophene rings is 1. The standard InChI is InChI=1S/C22H21ClN6OS/c1-14-17(15-4-6-16(30-2)7-5-15)18-19(26-21(23)27-20(18)31-14)28-10-12-29(13-11-28)22-24-8-3-9-25-22/h3-9H,10-13H2,1-2H3. The van der Waals surface area contributed by atoms with Gasteiger partial charge < -0.3 is 14.5 Å². The van der Waals surface area contributed by atoms with Gasteiger partial charge in [0.1, 0.15) is 16.4 Å². The van der Waals surface area contributed by atoms with Gasteiger partial charge in [-0.2, -0.15) is 4.98 Å². The number of nitrogens with zero attached hydrogens (tertiary/aromatic N) is 6. The first-order chi connectivity index (χ1) is 15.1. The van der Waals surface area contributed by atoms with E-state index in [1.54, 1.807) is 30.8 Å². The average Bonchev–Trinajstić information content (AvgIpc) is 3.14. The average molecular weight is 453 g/mol. The number of aromatic nitrogens is 4. The molecule has 0 atom stereocenters. The quantitative estimate of drug-likeness (QED) is 0.424. The number of ether oxygens (including phenoxy) is 1. The van der Waals surface area contributed by atoms with Crippen LogP contribution in [0.3, 0.4) is 0 Å². The van der Waals surface area contributed by atoms with Gasteiger partial charge in [-0.25, -0.2) is 15.0 Å². The van der Waals surface area contributed by atoms with Crippen LogP contribution >= 0.6 is 22.9 Å². The van der Waals surface area contributed by atoms with E-state index in [0.29, 0.717) is 0 Å². The van der Waals surface area contributed by atoms with E-state index in [1.807, 2.05) is 18.2 Å². The maximum atomic E-state index is 6.33. The molecule has 0 saturated carbocycles. The van der Waals surface area contributed by atoms with E-state index in [2.05, 4.69) is 48.8 Å². The van der Waals surface area contributed by atoms with E-state index in [0.717, 1.165) is 65.0 Å². The van der Waals surface area contributed by atoms with Crippen LogP contribution in [-0.4, -0.2) is 53.2 Å². The van der Waals surface area contributed by atoms with Crippen LogP contribution in [0.4, 0.5) is 11.8 Å². The molecule has 0 amide bonds. The van der Waals surface area contributed by atoms with Gasteiger partial charge in [-0.1, -0.05) is 12.1 Å². The minimum atomic E-state index is 0.277. The maximum absolute atomic E-state index is 6.33. The van der Waals surface area contributed by atoms with Crippen molar-refractivity contribution in [2.24, 2.45) is 0 Å². The summed E-state index contributed by atoms with van der Waals surface area (Å²) in [5.74, 6) is 2.48. The second-order valence-electron chi connectivity index (χ2n) is 7.28. The van der Waals surface area contributed by atoms with E-state index in [-0.39, 0.29) is 5.28 Å². The maximum Gasteiger partial charge on any atom is 0.225 e. The van der Waals surface area contributed by atoms with Crippen molar-refractivity contribution >= 4 is 44.9 Å². The largest absolute Gasteiger partial charge is 0.497 e. The molecule has 0 radical (unpaired) electrons. The van der Waals surface area contributed by atoms with Crippen LogP contribution in [0.1, 0.15) is 4.88 Å². The second-order valence-corrected chi connectivity index (χ2v) is 8.82. The van der Waals surface area contributed by atoms with E-state index in [1.165, 1.54) is 4.88 Å². The molecule has 1 aromatic carbocycles. The molecule has 1 saturated heterocycles. The number of aryl methyl sites for hydroxylation is 1. The van der Waals surface area contributed by atoms with Crippen molar-refractivity contribution in [3.63, 3.8) is 0 Å². The van der Waals surface area contributed by atoms with Crippen LogP contribution in [0.25, 0.3) is 21.3 Å². The Morgan fingerprint density at radius 1 is 0.968 bits per heavy atom.